The Balaban J connectivity index is 2.14. The minimum atomic E-state index is -0.345. The summed E-state index contributed by atoms with van der Waals surface area (Å²) in [6.45, 7) is 5.99. The zero-order chi connectivity index (χ0) is 15.3. The topological polar surface area (TPSA) is 50.5 Å². The van der Waals surface area contributed by atoms with Crippen molar-refractivity contribution < 1.29 is 9.13 Å². The van der Waals surface area contributed by atoms with Gasteiger partial charge in [0.2, 0.25) is 0 Å². The Kier molecular flexibility index (Phi) is 5.42. The van der Waals surface area contributed by atoms with Gasteiger partial charge in [0.25, 0.3) is 0 Å². The van der Waals surface area contributed by atoms with Crippen LogP contribution in [0.25, 0.3) is 0 Å². The average Bonchev–Trinajstić information content (AvgIpc) is 2.72. The van der Waals surface area contributed by atoms with E-state index in [0.717, 1.165) is 44.6 Å². The largest absolute Gasteiger partial charge is 0.494 e. The van der Waals surface area contributed by atoms with Crippen molar-refractivity contribution in [2.24, 2.45) is 5.73 Å². The van der Waals surface area contributed by atoms with Crippen LogP contribution in [0, 0.1) is 5.82 Å². The molecule has 1 aliphatic rings. The van der Waals surface area contributed by atoms with E-state index in [-0.39, 0.29) is 17.1 Å². The third-order valence-corrected chi connectivity index (χ3v) is 4.43. The normalized spacial score (nSPS) is 23.6. The summed E-state index contributed by atoms with van der Waals surface area (Å²) in [5, 5.41) is 3.53. The van der Waals surface area contributed by atoms with Crippen LogP contribution in [0.15, 0.2) is 18.2 Å². The highest BCUT2D eigenvalue weighted by atomic mass is 19.1. The molecule has 21 heavy (non-hydrogen) atoms. The SMILES string of the molecule is CCN1CCCC(CN)(Nc2ccc(F)c(OC)c2)CC1. The summed E-state index contributed by atoms with van der Waals surface area (Å²) in [7, 11) is 1.48. The van der Waals surface area contributed by atoms with E-state index >= 15 is 0 Å². The van der Waals surface area contributed by atoms with Gasteiger partial charge in [-0.3, -0.25) is 0 Å². The van der Waals surface area contributed by atoms with Crippen molar-refractivity contribution in [2.45, 2.75) is 31.7 Å². The molecule has 1 aliphatic heterocycles. The molecule has 0 aliphatic carbocycles. The van der Waals surface area contributed by atoms with Gasteiger partial charge in [-0.1, -0.05) is 6.92 Å². The molecule has 1 saturated heterocycles. The second-order valence-electron chi connectivity index (χ2n) is 5.75. The first kappa shape index (κ1) is 16.0. The lowest BCUT2D eigenvalue weighted by Gasteiger charge is -2.34. The molecule has 1 aromatic carbocycles. The van der Waals surface area contributed by atoms with Crippen LogP contribution in [0.3, 0.4) is 0 Å². The molecule has 0 saturated carbocycles. The number of benzene rings is 1. The lowest BCUT2D eigenvalue weighted by molar-refractivity contribution is 0.293. The highest BCUT2D eigenvalue weighted by Gasteiger charge is 2.31. The molecular formula is C16H26FN3O. The number of likely N-dealkylation sites (tertiary alicyclic amines) is 1. The molecule has 1 atom stereocenters. The van der Waals surface area contributed by atoms with Crippen molar-refractivity contribution in [3.05, 3.63) is 24.0 Å². The predicted molar refractivity (Wildman–Crippen MR) is 84.3 cm³/mol. The monoisotopic (exact) mass is 295 g/mol. The number of hydrogen-bond acceptors (Lipinski definition) is 4. The minimum absolute atomic E-state index is 0.118. The van der Waals surface area contributed by atoms with Gasteiger partial charge in [-0.05, 0) is 44.5 Å². The zero-order valence-corrected chi connectivity index (χ0v) is 13.0. The molecule has 1 aromatic rings. The summed E-state index contributed by atoms with van der Waals surface area (Å²) >= 11 is 0. The number of nitrogens with one attached hydrogen (secondary N) is 1. The highest BCUT2D eigenvalue weighted by molar-refractivity contribution is 5.51. The lowest BCUT2D eigenvalue weighted by Crippen LogP contribution is -2.46. The Morgan fingerprint density at radius 2 is 2.19 bits per heavy atom. The fourth-order valence-electron chi connectivity index (χ4n) is 2.99. The summed E-state index contributed by atoms with van der Waals surface area (Å²) < 4.78 is 18.5. The van der Waals surface area contributed by atoms with Crippen molar-refractivity contribution in [1.82, 2.24) is 4.90 Å². The van der Waals surface area contributed by atoms with Crippen molar-refractivity contribution in [3.63, 3.8) is 0 Å². The Morgan fingerprint density at radius 1 is 1.38 bits per heavy atom. The van der Waals surface area contributed by atoms with E-state index in [9.17, 15) is 4.39 Å². The van der Waals surface area contributed by atoms with Gasteiger partial charge in [-0.15, -0.1) is 0 Å². The fourth-order valence-corrected chi connectivity index (χ4v) is 2.99. The van der Waals surface area contributed by atoms with Gasteiger partial charge in [0.1, 0.15) is 0 Å². The van der Waals surface area contributed by atoms with E-state index in [4.69, 9.17) is 10.5 Å². The van der Waals surface area contributed by atoms with Crippen molar-refractivity contribution in [3.8, 4) is 5.75 Å². The molecule has 1 fully saturated rings. The van der Waals surface area contributed by atoms with E-state index in [1.807, 2.05) is 0 Å². The van der Waals surface area contributed by atoms with Gasteiger partial charge < -0.3 is 20.7 Å². The van der Waals surface area contributed by atoms with Gasteiger partial charge >= 0.3 is 0 Å². The lowest BCUT2D eigenvalue weighted by atomic mass is 9.90. The molecule has 1 unspecified atom stereocenters. The van der Waals surface area contributed by atoms with E-state index in [1.54, 1.807) is 12.1 Å². The molecule has 0 aromatic heterocycles. The number of hydrogen-bond donors (Lipinski definition) is 2. The molecule has 2 rings (SSSR count). The third kappa shape index (κ3) is 3.86. The first-order valence-electron chi connectivity index (χ1n) is 7.66. The molecule has 5 heteroatoms. The number of anilines is 1. The van der Waals surface area contributed by atoms with Crippen LogP contribution in [0.1, 0.15) is 26.2 Å². The van der Waals surface area contributed by atoms with E-state index in [0.29, 0.717) is 6.54 Å². The first-order valence-corrected chi connectivity index (χ1v) is 7.66. The minimum Gasteiger partial charge on any atom is -0.494 e. The molecule has 0 amide bonds. The fraction of sp³-hybridized carbons (Fsp3) is 0.625. The maximum atomic E-state index is 13.5. The molecule has 0 spiro atoms. The number of ether oxygens (including phenoxy) is 1. The maximum Gasteiger partial charge on any atom is 0.165 e. The molecule has 4 nitrogen and oxygen atoms in total. The zero-order valence-electron chi connectivity index (χ0n) is 13.0. The van der Waals surface area contributed by atoms with E-state index < -0.39 is 0 Å². The van der Waals surface area contributed by atoms with Gasteiger partial charge in [-0.2, -0.15) is 0 Å². The van der Waals surface area contributed by atoms with Crippen molar-refractivity contribution in [1.29, 1.82) is 0 Å². The van der Waals surface area contributed by atoms with Crippen LogP contribution >= 0.6 is 0 Å². The second-order valence-corrected chi connectivity index (χ2v) is 5.75. The number of halogens is 1. The van der Waals surface area contributed by atoms with Crippen LogP contribution < -0.4 is 15.8 Å². The average molecular weight is 295 g/mol. The summed E-state index contributed by atoms with van der Waals surface area (Å²) in [5.74, 6) is -0.0844. The number of nitrogens with zero attached hydrogens (tertiary/aromatic N) is 1. The number of nitrogens with two attached hydrogens (primary N) is 1. The maximum absolute atomic E-state index is 13.5. The van der Waals surface area contributed by atoms with Crippen LogP contribution in [-0.2, 0) is 0 Å². The Labute approximate surface area is 126 Å². The van der Waals surface area contributed by atoms with E-state index in [2.05, 4.69) is 17.1 Å². The van der Waals surface area contributed by atoms with E-state index in [1.165, 1.54) is 13.2 Å². The molecule has 0 bridgehead atoms. The smallest absolute Gasteiger partial charge is 0.165 e. The molecule has 0 radical (unpaired) electrons. The summed E-state index contributed by atoms with van der Waals surface area (Å²) in [5.41, 5.74) is 6.80. The summed E-state index contributed by atoms with van der Waals surface area (Å²) in [6.07, 6.45) is 3.15. The van der Waals surface area contributed by atoms with Gasteiger partial charge in [0, 0.05) is 24.8 Å². The molecule has 1 heterocycles. The third-order valence-electron chi connectivity index (χ3n) is 4.43. The second kappa shape index (κ2) is 7.09. The first-order chi connectivity index (χ1) is 10.1. The molecule has 3 N–H and O–H groups in total. The Morgan fingerprint density at radius 3 is 2.86 bits per heavy atom. The van der Waals surface area contributed by atoms with Crippen molar-refractivity contribution >= 4 is 5.69 Å². The highest BCUT2D eigenvalue weighted by Crippen LogP contribution is 2.29. The Hall–Kier alpha value is -1.33. The van der Waals surface area contributed by atoms with Crippen LogP contribution in [0.2, 0.25) is 0 Å². The standard InChI is InChI=1S/C16H26FN3O/c1-3-20-9-4-7-16(12-18,8-10-20)19-13-5-6-14(17)15(11-13)21-2/h5-6,11,19H,3-4,7-10,12,18H2,1-2H3. The van der Waals surface area contributed by atoms with Crippen molar-refractivity contribution in [2.75, 3.05) is 38.6 Å². The summed E-state index contributed by atoms with van der Waals surface area (Å²) in [6, 6.07) is 4.88. The molecule has 118 valence electrons. The summed E-state index contributed by atoms with van der Waals surface area (Å²) in [4.78, 5) is 2.45. The van der Waals surface area contributed by atoms with Crippen LogP contribution in [0.4, 0.5) is 10.1 Å². The predicted octanol–water partition coefficient (Wildman–Crippen LogP) is 2.45. The van der Waals surface area contributed by atoms with Gasteiger partial charge in [-0.25, -0.2) is 4.39 Å². The number of rotatable bonds is 5. The quantitative estimate of drug-likeness (QED) is 0.876. The van der Waals surface area contributed by atoms with Gasteiger partial charge in [0.05, 0.1) is 12.6 Å². The number of methoxy groups -OCH3 is 1. The van der Waals surface area contributed by atoms with Gasteiger partial charge in [0.15, 0.2) is 11.6 Å². The van der Waals surface area contributed by atoms with Crippen LogP contribution in [0.5, 0.6) is 5.75 Å². The van der Waals surface area contributed by atoms with Crippen LogP contribution in [-0.4, -0.2) is 43.7 Å². The Bertz CT molecular complexity index is 469. The molecular weight excluding hydrogens is 269 g/mol.